The molecule has 0 saturated carbocycles. The van der Waals surface area contributed by atoms with Gasteiger partial charge in [0.2, 0.25) is 12.7 Å². The van der Waals surface area contributed by atoms with E-state index >= 15 is 0 Å². The molecule has 22 heavy (non-hydrogen) atoms. The van der Waals surface area contributed by atoms with Gasteiger partial charge in [0.25, 0.3) is 0 Å². The average molecular weight is 305 g/mol. The van der Waals surface area contributed by atoms with E-state index in [1.165, 1.54) is 25.7 Å². The molecule has 1 unspecified atom stereocenters. The summed E-state index contributed by atoms with van der Waals surface area (Å²) in [5.74, 6) is 1.66. The first-order valence-electron chi connectivity index (χ1n) is 8.39. The zero-order valence-electron chi connectivity index (χ0n) is 13.7. The normalized spacial score (nSPS) is 13.9. The maximum atomic E-state index is 12.0. The highest BCUT2D eigenvalue weighted by Crippen LogP contribution is 2.34. The first kappa shape index (κ1) is 16.7. The maximum Gasteiger partial charge on any atom is 0.231 e. The van der Waals surface area contributed by atoms with Gasteiger partial charge in [-0.1, -0.05) is 45.1 Å². The fraction of sp³-hybridized carbons (Fsp3) is 0.611. The Bertz CT molecular complexity index is 487. The van der Waals surface area contributed by atoms with Crippen molar-refractivity contribution >= 4 is 5.91 Å². The van der Waals surface area contributed by atoms with Crippen LogP contribution in [0.5, 0.6) is 11.5 Å². The molecule has 1 N–H and O–H groups in total. The lowest BCUT2D eigenvalue weighted by Gasteiger charge is -2.15. The van der Waals surface area contributed by atoms with Gasteiger partial charge in [0, 0.05) is 6.42 Å². The molecule has 1 amide bonds. The van der Waals surface area contributed by atoms with Crippen molar-refractivity contribution in [2.75, 3.05) is 6.79 Å². The summed E-state index contributed by atoms with van der Waals surface area (Å²) in [6.07, 6.45) is 7.81. The molecule has 0 fully saturated rings. The van der Waals surface area contributed by atoms with E-state index in [0.717, 1.165) is 29.9 Å². The van der Waals surface area contributed by atoms with Gasteiger partial charge in [-0.25, -0.2) is 0 Å². The van der Waals surface area contributed by atoms with Crippen molar-refractivity contribution in [3.05, 3.63) is 23.8 Å². The van der Waals surface area contributed by atoms with Crippen LogP contribution in [0.4, 0.5) is 0 Å². The van der Waals surface area contributed by atoms with E-state index in [-0.39, 0.29) is 18.7 Å². The molecular weight excluding hydrogens is 278 g/mol. The van der Waals surface area contributed by atoms with Gasteiger partial charge in [-0.3, -0.25) is 4.79 Å². The van der Waals surface area contributed by atoms with Crippen molar-refractivity contribution < 1.29 is 14.3 Å². The molecule has 1 aromatic rings. The van der Waals surface area contributed by atoms with Crippen LogP contribution in [0, 0.1) is 0 Å². The second-order valence-corrected chi connectivity index (χ2v) is 5.92. The fourth-order valence-electron chi connectivity index (χ4n) is 2.65. The molecular formula is C18H27NO3. The van der Waals surface area contributed by atoms with Crippen LogP contribution in [0.1, 0.15) is 70.4 Å². The van der Waals surface area contributed by atoms with Gasteiger partial charge in [-0.15, -0.1) is 0 Å². The van der Waals surface area contributed by atoms with Gasteiger partial charge < -0.3 is 14.8 Å². The zero-order chi connectivity index (χ0) is 15.8. The predicted octanol–water partition coefficient (Wildman–Crippen LogP) is 4.34. The van der Waals surface area contributed by atoms with Gasteiger partial charge >= 0.3 is 0 Å². The van der Waals surface area contributed by atoms with Crippen molar-refractivity contribution in [2.45, 2.75) is 64.8 Å². The predicted molar refractivity (Wildman–Crippen MR) is 87.1 cm³/mol. The molecule has 122 valence electrons. The van der Waals surface area contributed by atoms with Crippen LogP contribution in [-0.2, 0) is 4.79 Å². The monoisotopic (exact) mass is 305 g/mol. The number of ether oxygens (including phenoxy) is 2. The Kier molecular flexibility index (Phi) is 6.56. The number of carbonyl (C=O) groups excluding carboxylic acids is 1. The standard InChI is InChI=1S/C18H27NO3/c1-3-4-5-6-7-8-9-18(20)19-14(2)15-10-11-16-17(12-15)22-13-21-16/h10-12,14H,3-9,13H2,1-2H3,(H,19,20). The molecule has 0 bridgehead atoms. The second kappa shape index (κ2) is 8.66. The lowest BCUT2D eigenvalue weighted by atomic mass is 10.1. The van der Waals surface area contributed by atoms with Gasteiger partial charge in [0.05, 0.1) is 6.04 Å². The summed E-state index contributed by atoms with van der Waals surface area (Å²) in [6, 6.07) is 5.80. The van der Waals surface area contributed by atoms with Crippen LogP contribution < -0.4 is 14.8 Å². The van der Waals surface area contributed by atoms with Crippen LogP contribution >= 0.6 is 0 Å². The third-order valence-electron chi connectivity index (χ3n) is 4.03. The molecule has 0 aromatic heterocycles. The number of unbranched alkanes of at least 4 members (excludes halogenated alkanes) is 5. The SMILES string of the molecule is CCCCCCCCC(=O)NC(C)c1ccc2c(c1)OCO2. The van der Waals surface area contributed by atoms with Gasteiger partial charge in [0.1, 0.15) is 0 Å². The molecule has 2 rings (SSSR count). The molecule has 0 saturated heterocycles. The van der Waals surface area contributed by atoms with E-state index in [1.807, 2.05) is 25.1 Å². The molecule has 1 aromatic carbocycles. The fourth-order valence-corrected chi connectivity index (χ4v) is 2.65. The molecule has 1 aliphatic heterocycles. The van der Waals surface area contributed by atoms with Crippen molar-refractivity contribution in [1.82, 2.24) is 5.32 Å². The van der Waals surface area contributed by atoms with Crippen LogP contribution in [0.25, 0.3) is 0 Å². The van der Waals surface area contributed by atoms with Crippen molar-refractivity contribution in [3.8, 4) is 11.5 Å². The van der Waals surface area contributed by atoms with Crippen molar-refractivity contribution in [2.24, 2.45) is 0 Å². The van der Waals surface area contributed by atoms with E-state index in [1.54, 1.807) is 0 Å². The Morgan fingerprint density at radius 3 is 2.68 bits per heavy atom. The largest absolute Gasteiger partial charge is 0.454 e. The Balaban J connectivity index is 1.70. The Morgan fingerprint density at radius 1 is 1.14 bits per heavy atom. The number of hydrogen-bond donors (Lipinski definition) is 1. The molecule has 1 aliphatic rings. The number of hydrogen-bond acceptors (Lipinski definition) is 3. The summed E-state index contributed by atoms with van der Waals surface area (Å²) in [4.78, 5) is 12.0. The zero-order valence-corrected chi connectivity index (χ0v) is 13.7. The van der Waals surface area contributed by atoms with Gasteiger partial charge in [-0.05, 0) is 31.0 Å². The highest BCUT2D eigenvalue weighted by atomic mass is 16.7. The summed E-state index contributed by atoms with van der Waals surface area (Å²) in [5.41, 5.74) is 1.04. The molecule has 0 spiro atoms. The summed E-state index contributed by atoms with van der Waals surface area (Å²) in [7, 11) is 0. The number of nitrogens with one attached hydrogen (secondary N) is 1. The summed E-state index contributed by atoms with van der Waals surface area (Å²) >= 11 is 0. The summed E-state index contributed by atoms with van der Waals surface area (Å²) < 4.78 is 10.7. The highest BCUT2D eigenvalue weighted by molar-refractivity contribution is 5.76. The minimum absolute atomic E-state index is 0.0120. The third kappa shape index (κ3) is 4.93. The first-order valence-corrected chi connectivity index (χ1v) is 8.39. The molecule has 0 aliphatic carbocycles. The first-order chi connectivity index (χ1) is 10.7. The van der Waals surface area contributed by atoms with E-state index in [2.05, 4.69) is 12.2 Å². The van der Waals surface area contributed by atoms with E-state index < -0.39 is 0 Å². The van der Waals surface area contributed by atoms with Crippen molar-refractivity contribution in [1.29, 1.82) is 0 Å². The topological polar surface area (TPSA) is 47.6 Å². The van der Waals surface area contributed by atoms with Crippen LogP contribution in [0.15, 0.2) is 18.2 Å². The van der Waals surface area contributed by atoms with Gasteiger partial charge in [-0.2, -0.15) is 0 Å². The smallest absolute Gasteiger partial charge is 0.231 e. The molecule has 4 nitrogen and oxygen atoms in total. The van der Waals surface area contributed by atoms with Gasteiger partial charge in [0.15, 0.2) is 11.5 Å². The van der Waals surface area contributed by atoms with Crippen LogP contribution in [0.3, 0.4) is 0 Å². The summed E-state index contributed by atoms with van der Waals surface area (Å²) in [5, 5.41) is 3.05. The lowest BCUT2D eigenvalue weighted by Crippen LogP contribution is -2.26. The van der Waals surface area contributed by atoms with Crippen molar-refractivity contribution in [3.63, 3.8) is 0 Å². The van der Waals surface area contributed by atoms with E-state index in [9.17, 15) is 4.79 Å². The van der Waals surface area contributed by atoms with E-state index in [4.69, 9.17) is 9.47 Å². The third-order valence-corrected chi connectivity index (χ3v) is 4.03. The Labute approximate surface area is 133 Å². The lowest BCUT2D eigenvalue weighted by molar-refractivity contribution is -0.121. The van der Waals surface area contributed by atoms with Crippen LogP contribution in [0.2, 0.25) is 0 Å². The maximum absolute atomic E-state index is 12.0. The number of carbonyl (C=O) groups is 1. The Morgan fingerprint density at radius 2 is 1.86 bits per heavy atom. The van der Waals surface area contributed by atoms with Crippen LogP contribution in [-0.4, -0.2) is 12.7 Å². The molecule has 1 atom stereocenters. The minimum atomic E-state index is -0.0120. The number of benzene rings is 1. The Hall–Kier alpha value is -1.71. The quantitative estimate of drug-likeness (QED) is 0.690. The van der Waals surface area contributed by atoms with E-state index in [0.29, 0.717) is 6.42 Å². The highest BCUT2D eigenvalue weighted by Gasteiger charge is 2.16. The number of fused-ring (bicyclic) bond motifs is 1. The summed E-state index contributed by atoms with van der Waals surface area (Å²) in [6.45, 7) is 4.49. The molecule has 0 radical (unpaired) electrons. The molecule has 1 heterocycles. The number of rotatable bonds is 9. The number of amides is 1. The molecule has 4 heteroatoms. The minimum Gasteiger partial charge on any atom is -0.454 e. The average Bonchev–Trinajstić information content (AvgIpc) is 2.98. The second-order valence-electron chi connectivity index (χ2n) is 5.92.